The Morgan fingerprint density at radius 3 is 2.19 bits per heavy atom. The lowest BCUT2D eigenvalue weighted by molar-refractivity contribution is -0.119. The molecule has 0 fully saturated rings. The molecule has 1 heterocycles. The molecule has 1 aromatic heterocycles. The average Bonchev–Trinajstić information content (AvgIpc) is 3.05. The van der Waals surface area contributed by atoms with E-state index < -0.39 is 18.5 Å². The molecule has 1 N–H and O–H groups in total. The monoisotopic (exact) mass is 433 g/mol. The molecule has 8 nitrogen and oxygen atoms in total. The molecule has 0 spiro atoms. The van der Waals surface area contributed by atoms with Crippen LogP contribution < -0.4 is 14.8 Å². The first-order valence-electron chi connectivity index (χ1n) is 9.78. The summed E-state index contributed by atoms with van der Waals surface area (Å²) in [7, 11) is 2.84. The molecule has 0 radical (unpaired) electrons. The number of carbonyl (C=O) groups is 2. The van der Waals surface area contributed by atoms with Gasteiger partial charge in [-0.05, 0) is 43.7 Å². The standard InChI is InChI=1S/C24H23N3O5/c1-15-16(2)27(17-9-6-5-7-10-17)23(18(15)13-25)26-21(28)14-32-24(29)22-19(30-3)11-8-12-20(22)31-4/h5-12H,14H2,1-4H3,(H,26,28). The summed E-state index contributed by atoms with van der Waals surface area (Å²) in [6.07, 6.45) is 0. The number of nitriles is 1. The van der Waals surface area contributed by atoms with E-state index in [1.54, 1.807) is 22.8 Å². The van der Waals surface area contributed by atoms with Crippen molar-refractivity contribution in [3.8, 4) is 23.3 Å². The second-order valence-corrected chi connectivity index (χ2v) is 6.88. The van der Waals surface area contributed by atoms with Crippen molar-refractivity contribution in [2.45, 2.75) is 13.8 Å². The zero-order chi connectivity index (χ0) is 23.3. The molecule has 8 heteroatoms. The Bertz CT molecular complexity index is 1170. The third kappa shape index (κ3) is 4.27. The van der Waals surface area contributed by atoms with Gasteiger partial charge in [0, 0.05) is 11.4 Å². The van der Waals surface area contributed by atoms with Gasteiger partial charge < -0.3 is 19.5 Å². The first kappa shape index (κ1) is 22.4. The van der Waals surface area contributed by atoms with E-state index in [-0.39, 0.29) is 17.1 Å². The number of nitrogens with zero attached hydrogens (tertiary/aromatic N) is 2. The minimum atomic E-state index is -0.763. The second-order valence-electron chi connectivity index (χ2n) is 6.88. The van der Waals surface area contributed by atoms with Gasteiger partial charge in [-0.3, -0.25) is 9.36 Å². The zero-order valence-corrected chi connectivity index (χ0v) is 18.3. The van der Waals surface area contributed by atoms with Crippen LogP contribution in [0.1, 0.15) is 27.2 Å². The normalized spacial score (nSPS) is 10.2. The molecule has 3 rings (SSSR count). The highest BCUT2D eigenvalue weighted by atomic mass is 16.5. The molecule has 0 unspecified atom stereocenters. The molecule has 3 aromatic rings. The van der Waals surface area contributed by atoms with Crippen molar-refractivity contribution in [3.63, 3.8) is 0 Å². The van der Waals surface area contributed by atoms with E-state index in [0.717, 1.165) is 16.9 Å². The Labute approximate surface area is 185 Å². The molecule has 1 amide bonds. The fraction of sp³-hybridized carbons (Fsp3) is 0.208. The summed E-state index contributed by atoms with van der Waals surface area (Å²) in [6.45, 7) is 3.13. The van der Waals surface area contributed by atoms with Crippen molar-refractivity contribution in [3.05, 3.63) is 70.9 Å². The number of methoxy groups -OCH3 is 2. The molecule has 2 aromatic carbocycles. The van der Waals surface area contributed by atoms with Crippen LogP contribution in [0.5, 0.6) is 11.5 Å². The minimum Gasteiger partial charge on any atom is -0.496 e. The maximum atomic E-state index is 12.7. The van der Waals surface area contributed by atoms with Crippen LogP contribution in [0.2, 0.25) is 0 Å². The molecule has 0 atom stereocenters. The Hall–Kier alpha value is -4.25. The van der Waals surface area contributed by atoms with Gasteiger partial charge >= 0.3 is 5.97 Å². The van der Waals surface area contributed by atoms with Crippen LogP contribution in [0.15, 0.2) is 48.5 Å². The van der Waals surface area contributed by atoms with Crippen molar-refractivity contribution in [2.24, 2.45) is 0 Å². The molecule has 0 saturated heterocycles. The van der Waals surface area contributed by atoms with Gasteiger partial charge in [0.25, 0.3) is 5.91 Å². The van der Waals surface area contributed by atoms with Gasteiger partial charge in [0.15, 0.2) is 6.61 Å². The number of amides is 1. The summed E-state index contributed by atoms with van der Waals surface area (Å²) in [5.74, 6) is -0.486. The van der Waals surface area contributed by atoms with Crippen molar-refractivity contribution >= 4 is 17.7 Å². The molecule has 0 aliphatic rings. The largest absolute Gasteiger partial charge is 0.496 e. The Balaban J connectivity index is 1.83. The SMILES string of the molecule is COc1cccc(OC)c1C(=O)OCC(=O)Nc1c(C#N)c(C)c(C)n1-c1ccccc1. The Morgan fingerprint density at radius 2 is 1.62 bits per heavy atom. The summed E-state index contributed by atoms with van der Waals surface area (Å²) >= 11 is 0. The van der Waals surface area contributed by atoms with Crippen molar-refractivity contribution in [2.75, 3.05) is 26.1 Å². The number of benzene rings is 2. The summed E-state index contributed by atoms with van der Waals surface area (Å²) < 4.78 is 17.4. The minimum absolute atomic E-state index is 0.0855. The average molecular weight is 433 g/mol. The Morgan fingerprint density at radius 1 is 1.00 bits per heavy atom. The predicted molar refractivity (Wildman–Crippen MR) is 118 cm³/mol. The molecule has 0 aliphatic heterocycles. The summed E-state index contributed by atoms with van der Waals surface area (Å²) in [6, 6.07) is 16.4. The molecule has 0 bridgehead atoms. The van der Waals surface area contributed by atoms with Gasteiger partial charge in [-0.1, -0.05) is 24.3 Å². The van der Waals surface area contributed by atoms with E-state index in [2.05, 4.69) is 11.4 Å². The third-order valence-electron chi connectivity index (χ3n) is 5.06. The first-order valence-corrected chi connectivity index (χ1v) is 9.78. The van der Waals surface area contributed by atoms with E-state index in [1.165, 1.54) is 14.2 Å². The van der Waals surface area contributed by atoms with E-state index in [0.29, 0.717) is 11.4 Å². The first-order chi connectivity index (χ1) is 15.4. The molecular weight excluding hydrogens is 410 g/mol. The number of ether oxygens (including phenoxy) is 3. The summed E-state index contributed by atoms with van der Waals surface area (Å²) in [5.41, 5.74) is 2.79. The van der Waals surface area contributed by atoms with E-state index >= 15 is 0 Å². The maximum absolute atomic E-state index is 12.7. The van der Waals surface area contributed by atoms with Crippen LogP contribution >= 0.6 is 0 Å². The number of aromatic nitrogens is 1. The number of esters is 1. The lowest BCUT2D eigenvalue weighted by Crippen LogP contribution is -2.23. The molecule has 0 saturated carbocycles. The van der Waals surface area contributed by atoms with Gasteiger partial charge in [-0.25, -0.2) is 4.79 Å². The van der Waals surface area contributed by atoms with Crippen molar-refractivity contribution in [1.29, 1.82) is 5.26 Å². The van der Waals surface area contributed by atoms with E-state index in [1.807, 2.05) is 44.2 Å². The van der Waals surface area contributed by atoms with Crippen LogP contribution in [0, 0.1) is 25.2 Å². The number of hydrogen-bond acceptors (Lipinski definition) is 6. The molecule has 164 valence electrons. The molecular formula is C24H23N3O5. The fourth-order valence-electron chi connectivity index (χ4n) is 3.38. The Kier molecular flexibility index (Phi) is 6.80. The predicted octanol–water partition coefficient (Wildman–Crippen LogP) is 3.78. The quantitative estimate of drug-likeness (QED) is 0.569. The van der Waals surface area contributed by atoms with Crippen molar-refractivity contribution in [1.82, 2.24) is 4.57 Å². The van der Waals surface area contributed by atoms with Gasteiger partial charge in [-0.15, -0.1) is 0 Å². The number of anilines is 1. The van der Waals surface area contributed by atoms with Gasteiger partial charge in [0.05, 0.1) is 19.8 Å². The lowest BCUT2D eigenvalue weighted by Gasteiger charge is -2.14. The third-order valence-corrected chi connectivity index (χ3v) is 5.06. The number of para-hydroxylation sites is 1. The van der Waals surface area contributed by atoms with E-state index in [9.17, 15) is 14.9 Å². The van der Waals surface area contributed by atoms with Crippen LogP contribution in [-0.4, -0.2) is 37.3 Å². The number of hydrogen-bond donors (Lipinski definition) is 1. The van der Waals surface area contributed by atoms with E-state index in [4.69, 9.17) is 14.2 Å². The van der Waals surface area contributed by atoms with Crippen LogP contribution in [0.3, 0.4) is 0 Å². The number of carbonyl (C=O) groups excluding carboxylic acids is 2. The highest BCUT2D eigenvalue weighted by Gasteiger charge is 2.23. The zero-order valence-electron chi connectivity index (χ0n) is 18.3. The lowest BCUT2D eigenvalue weighted by atomic mass is 10.2. The number of nitrogens with one attached hydrogen (secondary N) is 1. The summed E-state index contributed by atoms with van der Waals surface area (Å²) in [4.78, 5) is 25.3. The maximum Gasteiger partial charge on any atom is 0.346 e. The van der Waals surface area contributed by atoms with Gasteiger partial charge in [0.1, 0.15) is 28.9 Å². The molecule has 32 heavy (non-hydrogen) atoms. The van der Waals surface area contributed by atoms with Crippen LogP contribution in [0.25, 0.3) is 5.69 Å². The van der Waals surface area contributed by atoms with Crippen LogP contribution in [-0.2, 0) is 9.53 Å². The van der Waals surface area contributed by atoms with Crippen LogP contribution in [0.4, 0.5) is 5.82 Å². The second kappa shape index (κ2) is 9.71. The topological polar surface area (TPSA) is 103 Å². The smallest absolute Gasteiger partial charge is 0.346 e. The fourth-order valence-corrected chi connectivity index (χ4v) is 3.38. The highest BCUT2D eigenvalue weighted by Crippen LogP contribution is 2.31. The molecule has 0 aliphatic carbocycles. The van der Waals surface area contributed by atoms with Gasteiger partial charge in [0.2, 0.25) is 0 Å². The number of rotatable bonds is 7. The summed E-state index contributed by atoms with van der Waals surface area (Å²) in [5, 5.41) is 12.4. The highest BCUT2D eigenvalue weighted by molar-refractivity contribution is 5.99. The van der Waals surface area contributed by atoms with Crippen molar-refractivity contribution < 1.29 is 23.8 Å². The van der Waals surface area contributed by atoms with Gasteiger partial charge in [-0.2, -0.15) is 5.26 Å².